The van der Waals surface area contributed by atoms with Gasteiger partial charge in [0.15, 0.2) is 0 Å². The number of hydrogen-bond donors (Lipinski definition) is 0. The summed E-state index contributed by atoms with van der Waals surface area (Å²) in [4.78, 5) is 4.04. The van der Waals surface area contributed by atoms with Gasteiger partial charge in [0.25, 0.3) is 0 Å². The summed E-state index contributed by atoms with van der Waals surface area (Å²) >= 11 is 5.99. The molecule has 68 valence electrons. The standard InChI is InChI=1S/C9H10ClN3/c1-3-6-8-7(13(2)12-6)4-5-11-9(8)10/h4-5H,3H2,1-2H3. The molecule has 0 N–H and O–H groups in total. The van der Waals surface area contributed by atoms with Gasteiger partial charge in [-0.3, -0.25) is 4.68 Å². The average molecular weight is 196 g/mol. The molecule has 0 aliphatic rings. The minimum Gasteiger partial charge on any atom is -0.267 e. The highest BCUT2D eigenvalue weighted by molar-refractivity contribution is 6.34. The monoisotopic (exact) mass is 195 g/mol. The zero-order valence-corrected chi connectivity index (χ0v) is 8.34. The first-order chi connectivity index (χ1) is 6.24. The van der Waals surface area contributed by atoms with E-state index in [-0.39, 0.29) is 0 Å². The normalized spacial score (nSPS) is 11.0. The molecule has 2 aromatic rings. The van der Waals surface area contributed by atoms with Crippen molar-refractivity contribution in [2.45, 2.75) is 13.3 Å². The summed E-state index contributed by atoms with van der Waals surface area (Å²) in [7, 11) is 1.91. The summed E-state index contributed by atoms with van der Waals surface area (Å²) < 4.78 is 1.84. The van der Waals surface area contributed by atoms with E-state index in [1.54, 1.807) is 6.20 Å². The van der Waals surface area contributed by atoms with E-state index in [1.807, 2.05) is 17.8 Å². The lowest BCUT2D eigenvalue weighted by Crippen LogP contribution is -1.90. The Labute approximate surface area is 81.3 Å². The van der Waals surface area contributed by atoms with E-state index in [0.29, 0.717) is 5.15 Å². The Morgan fingerprint density at radius 2 is 2.31 bits per heavy atom. The summed E-state index contributed by atoms with van der Waals surface area (Å²) in [6, 6.07) is 1.92. The van der Waals surface area contributed by atoms with Crippen LogP contribution in [0.2, 0.25) is 5.15 Å². The highest BCUT2D eigenvalue weighted by Gasteiger charge is 2.10. The van der Waals surface area contributed by atoms with Gasteiger partial charge in [0.2, 0.25) is 0 Å². The van der Waals surface area contributed by atoms with Crippen LogP contribution >= 0.6 is 11.6 Å². The van der Waals surface area contributed by atoms with Crippen LogP contribution in [0.4, 0.5) is 0 Å². The molecule has 0 spiro atoms. The molecule has 0 atom stereocenters. The number of aryl methyl sites for hydroxylation is 2. The summed E-state index contributed by atoms with van der Waals surface area (Å²) in [6.45, 7) is 2.06. The van der Waals surface area contributed by atoms with Crippen molar-refractivity contribution in [3.05, 3.63) is 23.1 Å². The molecule has 0 aromatic carbocycles. The van der Waals surface area contributed by atoms with Crippen molar-refractivity contribution in [1.29, 1.82) is 0 Å². The van der Waals surface area contributed by atoms with Crippen LogP contribution in [0.15, 0.2) is 12.3 Å². The zero-order valence-electron chi connectivity index (χ0n) is 7.58. The van der Waals surface area contributed by atoms with Crippen molar-refractivity contribution in [2.75, 3.05) is 0 Å². The fourth-order valence-electron chi connectivity index (χ4n) is 1.50. The van der Waals surface area contributed by atoms with Crippen LogP contribution in [0.3, 0.4) is 0 Å². The molecule has 0 amide bonds. The van der Waals surface area contributed by atoms with Gasteiger partial charge >= 0.3 is 0 Å². The van der Waals surface area contributed by atoms with Crippen LogP contribution in [0.25, 0.3) is 10.9 Å². The lowest BCUT2D eigenvalue weighted by atomic mass is 10.2. The minimum absolute atomic E-state index is 0.544. The highest BCUT2D eigenvalue weighted by atomic mass is 35.5. The Bertz CT molecular complexity index is 447. The van der Waals surface area contributed by atoms with Gasteiger partial charge in [-0.15, -0.1) is 0 Å². The summed E-state index contributed by atoms with van der Waals surface area (Å²) in [5.74, 6) is 0. The van der Waals surface area contributed by atoms with Gasteiger partial charge < -0.3 is 0 Å². The molecule has 2 rings (SSSR count). The van der Waals surface area contributed by atoms with E-state index in [9.17, 15) is 0 Å². The number of hydrogen-bond acceptors (Lipinski definition) is 2. The molecule has 0 fully saturated rings. The Balaban J connectivity index is 2.89. The second-order valence-electron chi connectivity index (χ2n) is 2.92. The number of nitrogens with zero attached hydrogens (tertiary/aromatic N) is 3. The molecule has 0 saturated carbocycles. The number of fused-ring (bicyclic) bond motifs is 1. The summed E-state index contributed by atoms with van der Waals surface area (Å²) in [6.07, 6.45) is 2.58. The SMILES string of the molecule is CCc1nn(C)c2ccnc(Cl)c12. The fraction of sp³-hybridized carbons (Fsp3) is 0.333. The molecule has 0 radical (unpaired) electrons. The lowest BCUT2D eigenvalue weighted by molar-refractivity contribution is 0.770. The number of halogens is 1. The summed E-state index contributed by atoms with van der Waals surface area (Å²) in [5.41, 5.74) is 2.05. The van der Waals surface area contributed by atoms with Crippen LogP contribution in [0.1, 0.15) is 12.6 Å². The van der Waals surface area contributed by atoms with Gasteiger partial charge in [-0.1, -0.05) is 18.5 Å². The third kappa shape index (κ3) is 1.20. The van der Waals surface area contributed by atoms with Crippen LogP contribution in [0.5, 0.6) is 0 Å². The second kappa shape index (κ2) is 3.00. The molecule has 0 aliphatic heterocycles. The van der Waals surface area contributed by atoms with Gasteiger partial charge in [0, 0.05) is 13.2 Å². The van der Waals surface area contributed by atoms with Crippen molar-refractivity contribution < 1.29 is 0 Å². The summed E-state index contributed by atoms with van der Waals surface area (Å²) in [5, 5.41) is 5.89. The van der Waals surface area contributed by atoms with E-state index in [2.05, 4.69) is 17.0 Å². The maximum Gasteiger partial charge on any atom is 0.140 e. The lowest BCUT2D eigenvalue weighted by Gasteiger charge is -1.94. The van der Waals surface area contributed by atoms with Crippen molar-refractivity contribution in [2.24, 2.45) is 7.05 Å². The Morgan fingerprint density at radius 3 is 3.00 bits per heavy atom. The van der Waals surface area contributed by atoms with E-state index in [1.165, 1.54) is 0 Å². The van der Waals surface area contributed by atoms with Crippen molar-refractivity contribution >= 4 is 22.5 Å². The van der Waals surface area contributed by atoms with Gasteiger partial charge in [-0.05, 0) is 12.5 Å². The van der Waals surface area contributed by atoms with E-state index in [4.69, 9.17) is 11.6 Å². The van der Waals surface area contributed by atoms with Gasteiger partial charge in [-0.25, -0.2) is 4.98 Å². The molecule has 0 saturated heterocycles. The van der Waals surface area contributed by atoms with Gasteiger partial charge in [-0.2, -0.15) is 5.10 Å². The van der Waals surface area contributed by atoms with Crippen LogP contribution < -0.4 is 0 Å². The molecular formula is C9H10ClN3. The largest absolute Gasteiger partial charge is 0.267 e. The maximum absolute atomic E-state index is 5.99. The first-order valence-electron chi connectivity index (χ1n) is 4.20. The van der Waals surface area contributed by atoms with Crippen LogP contribution in [-0.2, 0) is 13.5 Å². The average Bonchev–Trinajstić information content (AvgIpc) is 2.45. The van der Waals surface area contributed by atoms with Crippen molar-refractivity contribution in [3.63, 3.8) is 0 Å². The van der Waals surface area contributed by atoms with Gasteiger partial charge in [0.05, 0.1) is 16.6 Å². The third-order valence-electron chi connectivity index (χ3n) is 2.13. The maximum atomic E-state index is 5.99. The number of rotatable bonds is 1. The Hall–Kier alpha value is -1.09. The predicted molar refractivity (Wildman–Crippen MR) is 52.9 cm³/mol. The molecule has 0 unspecified atom stereocenters. The van der Waals surface area contributed by atoms with Gasteiger partial charge in [0.1, 0.15) is 5.15 Å². The molecule has 3 nitrogen and oxygen atoms in total. The molecule has 0 bridgehead atoms. The third-order valence-corrected chi connectivity index (χ3v) is 2.41. The molecule has 4 heteroatoms. The molecular weight excluding hydrogens is 186 g/mol. The zero-order chi connectivity index (χ0) is 9.42. The molecule has 13 heavy (non-hydrogen) atoms. The van der Waals surface area contributed by atoms with Crippen LogP contribution in [0, 0.1) is 0 Å². The van der Waals surface area contributed by atoms with E-state index in [0.717, 1.165) is 23.0 Å². The smallest absolute Gasteiger partial charge is 0.140 e. The van der Waals surface area contributed by atoms with E-state index < -0.39 is 0 Å². The Morgan fingerprint density at radius 1 is 1.54 bits per heavy atom. The molecule has 2 aromatic heterocycles. The fourth-order valence-corrected chi connectivity index (χ4v) is 1.76. The topological polar surface area (TPSA) is 30.7 Å². The first kappa shape index (κ1) is 8.51. The second-order valence-corrected chi connectivity index (χ2v) is 3.28. The van der Waals surface area contributed by atoms with Crippen molar-refractivity contribution in [1.82, 2.24) is 14.8 Å². The molecule has 0 aliphatic carbocycles. The predicted octanol–water partition coefficient (Wildman–Crippen LogP) is 2.18. The quantitative estimate of drug-likeness (QED) is 0.653. The Kier molecular flexibility index (Phi) is 1.96. The number of aromatic nitrogens is 3. The highest BCUT2D eigenvalue weighted by Crippen LogP contribution is 2.24. The molecule has 2 heterocycles. The number of pyridine rings is 1. The first-order valence-corrected chi connectivity index (χ1v) is 4.58. The van der Waals surface area contributed by atoms with E-state index >= 15 is 0 Å². The van der Waals surface area contributed by atoms with Crippen molar-refractivity contribution in [3.8, 4) is 0 Å². The minimum atomic E-state index is 0.544. The van der Waals surface area contributed by atoms with Crippen LogP contribution in [-0.4, -0.2) is 14.8 Å².